The molecule has 5 nitrogen and oxygen atoms in total. The van der Waals surface area contributed by atoms with Crippen molar-refractivity contribution in [2.24, 2.45) is 0 Å². The summed E-state index contributed by atoms with van der Waals surface area (Å²) < 4.78 is 11.5. The smallest absolute Gasteiger partial charge is 0.248 e. The first-order chi connectivity index (χ1) is 9.52. The van der Waals surface area contributed by atoms with Crippen LogP contribution in [0.15, 0.2) is 0 Å². The van der Waals surface area contributed by atoms with Gasteiger partial charge in [0.1, 0.15) is 5.54 Å². The molecule has 2 aliphatic heterocycles. The molecular formula is C14H24N2O3S. The van der Waals surface area contributed by atoms with Crippen LogP contribution in [0, 0.1) is 0 Å². The molecule has 2 rings (SSSR count). The van der Waals surface area contributed by atoms with E-state index in [9.17, 15) is 13.8 Å². The van der Waals surface area contributed by atoms with E-state index in [-0.39, 0.29) is 17.9 Å². The minimum Gasteiger partial charge on any atom is -0.342 e. The van der Waals surface area contributed by atoms with E-state index < -0.39 is 16.3 Å². The summed E-state index contributed by atoms with van der Waals surface area (Å²) in [7, 11) is -0.731. The van der Waals surface area contributed by atoms with Crippen LogP contribution in [0.3, 0.4) is 0 Å². The highest BCUT2D eigenvalue weighted by atomic mass is 32.2. The molecular weight excluding hydrogens is 276 g/mol. The molecule has 2 amide bonds. The SMILES string of the molecule is CCC1(CC)NC(=O)CCN(C2CCS(=O)CC2)C1=O. The Hall–Kier alpha value is -0.910. The first kappa shape index (κ1) is 15.5. The van der Waals surface area contributed by atoms with Crippen LogP contribution in [-0.4, -0.2) is 50.6 Å². The summed E-state index contributed by atoms with van der Waals surface area (Å²) in [6.45, 7) is 4.38. The average Bonchev–Trinajstić information content (AvgIpc) is 2.58. The zero-order chi connectivity index (χ0) is 14.8. The van der Waals surface area contributed by atoms with Crippen LogP contribution in [0.25, 0.3) is 0 Å². The number of amides is 2. The second-order valence-electron chi connectivity index (χ2n) is 5.67. The van der Waals surface area contributed by atoms with Gasteiger partial charge in [-0.2, -0.15) is 0 Å². The van der Waals surface area contributed by atoms with Gasteiger partial charge in [0.25, 0.3) is 0 Å². The highest BCUT2D eigenvalue weighted by Gasteiger charge is 2.44. The molecule has 0 saturated carbocycles. The molecule has 0 bridgehead atoms. The Bertz CT molecular complexity index is 411. The Morgan fingerprint density at radius 3 is 2.40 bits per heavy atom. The predicted octanol–water partition coefficient (Wildman–Crippen LogP) is 0.805. The molecule has 2 heterocycles. The quantitative estimate of drug-likeness (QED) is 0.838. The van der Waals surface area contributed by atoms with Crippen LogP contribution in [0.4, 0.5) is 0 Å². The largest absolute Gasteiger partial charge is 0.342 e. The highest BCUT2D eigenvalue weighted by molar-refractivity contribution is 7.85. The van der Waals surface area contributed by atoms with E-state index in [1.165, 1.54) is 0 Å². The van der Waals surface area contributed by atoms with Crippen molar-refractivity contribution in [2.45, 2.75) is 57.5 Å². The molecule has 0 atom stereocenters. The Morgan fingerprint density at radius 1 is 1.25 bits per heavy atom. The van der Waals surface area contributed by atoms with E-state index in [4.69, 9.17) is 0 Å². The predicted molar refractivity (Wildman–Crippen MR) is 78.7 cm³/mol. The second kappa shape index (κ2) is 6.24. The maximum Gasteiger partial charge on any atom is 0.248 e. The van der Waals surface area contributed by atoms with Crippen molar-refractivity contribution >= 4 is 22.6 Å². The number of carbonyl (C=O) groups excluding carboxylic acids is 2. The van der Waals surface area contributed by atoms with Crippen molar-refractivity contribution in [2.75, 3.05) is 18.1 Å². The van der Waals surface area contributed by atoms with E-state index >= 15 is 0 Å². The molecule has 1 N–H and O–H groups in total. The number of hydrogen-bond donors (Lipinski definition) is 1. The molecule has 114 valence electrons. The topological polar surface area (TPSA) is 66.5 Å². The number of nitrogens with zero attached hydrogens (tertiary/aromatic N) is 1. The van der Waals surface area contributed by atoms with E-state index in [0.717, 1.165) is 12.8 Å². The third kappa shape index (κ3) is 2.90. The van der Waals surface area contributed by atoms with Gasteiger partial charge >= 0.3 is 0 Å². The summed E-state index contributed by atoms with van der Waals surface area (Å²) in [6.07, 6.45) is 3.17. The lowest BCUT2D eigenvalue weighted by molar-refractivity contribution is -0.141. The standard InChI is InChI=1S/C14H24N2O3S/c1-3-14(4-2)13(18)16(8-5-12(17)15-14)11-6-9-20(19)10-7-11/h11H,3-10H2,1-2H3,(H,15,17). The summed E-state index contributed by atoms with van der Waals surface area (Å²) in [5.41, 5.74) is -0.746. The van der Waals surface area contributed by atoms with Crippen molar-refractivity contribution < 1.29 is 13.8 Å². The maximum absolute atomic E-state index is 12.9. The fraction of sp³-hybridized carbons (Fsp3) is 0.857. The molecule has 0 unspecified atom stereocenters. The normalized spacial score (nSPS) is 30.8. The van der Waals surface area contributed by atoms with E-state index in [1.807, 2.05) is 18.7 Å². The van der Waals surface area contributed by atoms with Gasteiger partial charge in [0.2, 0.25) is 11.8 Å². The zero-order valence-corrected chi connectivity index (χ0v) is 13.1. The third-order valence-electron chi connectivity index (χ3n) is 4.63. The van der Waals surface area contributed by atoms with Crippen LogP contribution < -0.4 is 5.32 Å². The minimum atomic E-state index is -0.746. The Kier molecular flexibility index (Phi) is 4.83. The van der Waals surface area contributed by atoms with Gasteiger partial charge in [0, 0.05) is 41.3 Å². The third-order valence-corrected chi connectivity index (χ3v) is 6.02. The van der Waals surface area contributed by atoms with Gasteiger partial charge in [-0.15, -0.1) is 0 Å². The molecule has 0 spiro atoms. The van der Waals surface area contributed by atoms with Gasteiger partial charge in [0.05, 0.1) is 0 Å². The van der Waals surface area contributed by atoms with Gasteiger partial charge in [-0.3, -0.25) is 13.8 Å². The van der Waals surface area contributed by atoms with Gasteiger partial charge in [-0.25, -0.2) is 0 Å². The number of nitrogens with one attached hydrogen (secondary N) is 1. The van der Waals surface area contributed by atoms with Crippen molar-refractivity contribution in [3.63, 3.8) is 0 Å². The lowest BCUT2D eigenvalue weighted by Crippen LogP contribution is -2.58. The lowest BCUT2D eigenvalue weighted by atomic mass is 9.90. The number of hydrogen-bond acceptors (Lipinski definition) is 3. The monoisotopic (exact) mass is 300 g/mol. The van der Waals surface area contributed by atoms with Gasteiger partial charge in [-0.1, -0.05) is 13.8 Å². The lowest BCUT2D eigenvalue weighted by Gasteiger charge is -2.39. The summed E-state index contributed by atoms with van der Waals surface area (Å²) in [5.74, 6) is 1.34. The Balaban J connectivity index is 2.21. The van der Waals surface area contributed by atoms with E-state index in [2.05, 4.69) is 5.32 Å². The van der Waals surface area contributed by atoms with Crippen molar-refractivity contribution in [3.8, 4) is 0 Å². The van der Waals surface area contributed by atoms with Crippen molar-refractivity contribution in [1.82, 2.24) is 10.2 Å². The van der Waals surface area contributed by atoms with E-state index in [0.29, 0.717) is 37.3 Å². The highest BCUT2D eigenvalue weighted by Crippen LogP contribution is 2.26. The molecule has 6 heteroatoms. The summed E-state index contributed by atoms with van der Waals surface area (Å²) in [6, 6.07) is 0.144. The molecule has 2 aliphatic rings. The first-order valence-corrected chi connectivity index (χ1v) is 8.98. The number of rotatable bonds is 3. The van der Waals surface area contributed by atoms with Crippen LogP contribution >= 0.6 is 0 Å². The molecule has 2 saturated heterocycles. The second-order valence-corrected chi connectivity index (χ2v) is 7.36. The van der Waals surface area contributed by atoms with Crippen LogP contribution in [-0.2, 0) is 20.4 Å². The van der Waals surface area contributed by atoms with Crippen LogP contribution in [0.5, 0.6) is 0 Å². The molecule has 0 aliphatic carbocycles. The van der Waals surface area contributed by atoms with Gasteiger partial charge in [-0.05, 0) is 25.7 Å². The molecule has 0 radical (unpaired) electrons. The first-order valence-electron chi connectivity index (χ1n) is 7.49. The number of carbonyl (C=O) groups is 2. The summed E-state index contributed by atoms with van der Waals surface area (Å²) in [5, 5.41) is 2.93. The molecule has 20 heavy (non-hydrogen) atoms. The maximum atomic E-state index is 12.9. The molecule has 0 aromatic heterocycles. The molecule has 2 fully saturated rings. The Labute approximate surface area is 122 Å². The van der Waals surface area contributed by atoms with Crippen LogP contribution in [0.2, 0.25) is 0 Å². The van der Waals surface area contributed by atoms with E-state index in [1.54, 1.807) is 0 Å². The minimum absolute atomic E-state index is 0.0380. The van der Waals surface area contributed by atoms with Crippen molar-refractivity contribution in [1.29, 1.82) is 0 Å². The van der Waals surface area contributed by atoms with Crippen LogP contribution in [0.1, 0.15) is 46.0 Å². The summed E-state index contributed by atoms with van der Waals surface area (Å²) in [4.78, 5) is 26.7. The van der Waals surface area contributed by atoms with Crippen molar-refractivity contribution in [3.05, 3.63) is 0 Å². The Morgan fingerprint density at radius 2 is 1.85 bits per heavy atom. The zero-order valence-electron chi connectivity index (χ0n) is 12.3. The fourth-order valence-corrected chi connectivity index (χ4v) is 4.43. The molecule has 0 aromatic rings. The molecule has 0 aromatic carbocycles. The van der Waals surface area contributed by atoms with Gasteiger partial charge < -0.3 is 10.2 Å². The van der Waals surface area contributed by atoms with Gasteiger partial charge in [0.15, 0.2) is 0 Å². The fourth-order valence-electron chi connectivity index (χ4n) is 3.15. The summed E-state index contributed by atoms with van der Waals surface area (Å²) >= 11 is 0. The average molecular weight is 300 g/mol.